The van der Waals surface area contributed by atoms with Crippen molar-refractivity contribution in [1.29, 1.82) is 0 Å². The second-order valence-corrected chi connectivity index (χ2v) is 7.84. The number of hydrogen-bond donors (Lipinski definition) is 1. The zero-order valence-electron chi connectivity index (χ0n) is 16.0. The van der Waals surface area contributed by atoms with Crippen molar-refractivity contribution in [2.24, 2.45) is 5.41 Å². The topological polar surface area (TPSA) is 77.5 Å². The summed E-state index contributed by atoms with van der Waals surface area (Å²) in [4.78, 5) is 29.6. The minimum Gasteiger partial charge on any atom is -0.465 e. The molecule has 0 aliphatic carbocycles. The van der Waals surface area contributed by atoms with Crippen LogP contribution in [0.25, 0.3) is 0 Å². The monoisotopic (exact) mass is 388 g/mol. The van der Waals surface area contributed by atoms with E-state index in [2.05, 4.69) is 10.3 Å². The third-order valence-corrected chi connectivity index (χ3v) is 5.72. The summed E-state index contributed by atoms with van der Waals surface area (Å²) in [5.74, 6) is -1.05. The molecule has 27 heavy (non-hydrogen) atoms. The van der Waals surface area contributed by atoms with Crippen LogP contribution < -0.4 is 5.32 Å². The number of nitrogens with zero attached hydrogens (tertiary/aromatic N) is 1. The number of aromatic nitrogens is 1. The van der Waals surface area contributed by atoms with E-state index in [1.54, 1.807) is 20.8 Å². The highest BCUT2D eigenvalue weighted by atomic mass is 32.1. The van der Waals surface area contributed by atoms with Crippen molar-refractivity contribution in [3.05, 3.63) is 40.9 Å². The van der Waals surface area contributed by atoms with Gasteiger partial charge in [0, 0.05) is 17.5 Å². The van der Waals surface area contributed by atoms with Crippen LogP contribution >= 0.6 is 11.3 Å². The molecule has 0 radical (unpaired) electrons. The van der Waals surface area contributed by atoms with E-state index in [-0.39, 0.29) is 13.0 Å². The number of ether oxygens (including phenoxy) is 2. The molecule has 1 N–H and O–H groups in total. The first-order valence-corrected chi connectivity index (χ1v) is 9.91. The number of cyclic esters (lactones) is 1. The maximum absolute atomic E-state index is 12.6. The molecule has 6 nitrogen and oxygen atoms in total. The van der Waals surface area contributed by atoms with Crippen molar-refractivity contribution in [1.82, 2.24) is 4.98 Å². The van der Waals surface area contributed by atoms with Gasteiger partial charge in [0.1, 0.15) is 0 Å². The summed E-state index contributed by atoms with van der Waals surface area (Å²) >= 11 is 1.43. The number of benzene rings is 1. The molecule has 144 valence electrons. The summed E-state index contributed by atoms with van der Waals surface area (Å²) in [6, 6.07) is 8.00. The third kappa shape index (κ3) is 3.56. The maximum atomic E-state index is 12.6. The number of thiazole rings is 1. The SMILES string of the molecule is CCOC(=O)[C@]1(CC)C[C@](C)(c2csc(Nc3ccc(C)cc3)n2)OC1=O. The first-order valence-electron chi connectivity index (χ1n) is 9.03. The fourth-order valence-corrected chi connectivity index (χ4v) is 4.16. The molecule has 1 aliphatic heterocycles. The fourth-order valence-electron chi connectivity index (χ4n) is 3.30. The zero-order valence-corrected chi connectivity index (χ0v) is 16.8. The minimum atomic E-state index is -1.26. The van der Waals surface area contributed by atoms with Gasteiger partial charge in [-0.1, -0.05) is 24.6 Å². The summed E-state index contributed by atoms with van der Waals surface area (Å²) in [6.45, 7) is 7.59. The Morgan fingerprint density at radius 1 is 1.33 bits per heavy atom. The lowest BCUT2D eigenvalue weighted by atomic mass is 9.78. The summed E-state index contributed by atoms with van der Waals surface area (Å²) in [5.41, 5.74) is 0.530. The van der Waals surface area contributed by atoms with Gasteiger partial charge in [-0.05, 0) is 39.3 Å². The first-order chi connectivity index (χ1) is 12.8. The largest absolute Gasteiger partial charge is 0.465 e. The summed E-state index contributed by atoms with van der Waals surface area (Å²) in [7, 11) is 0. The van der Waals surface area contributed by atoms with Crippen LogP contribution in [-0.2, 0) is 24.7 Å². The van der Waals surface area contributed by atoms with Gasteiger partial charge >= 0.3 is 11.9 Å². The molecule has 0 bridgehead atoms. The number of anilines is 2. The summed E-state index contributed by atoms with van der Waals surface area (Å²) < 4.78 is 10.8. The molecule has 0 saturated carbocycles. The fraction of sp³-hybridized carbons (Fsp3) is 0.450. The molecule has 7 heteroatoms. The molecular weight excluding hydrogens is 364 g/mol. The van der Waals surface area contributed by atoms with Crippen LogP contribution in [-0.4, -0.2) is 23.5 Å². The predicted octanol–water partition coefficient (Wildman–Crippen LogP) is 4.32. The lowest BCUT2D eigenvalue weighted by molar-refractivity contribution is -0.166. The Kier molecular flexibility index (Phi) is 5.24. The predicted molar refractivity (Wildman–Crippen MR) is 104 cm³/mol. The Hall–Kier alpha value is -2.41. The minimum absolute atomic E-state index is 0.224. The van der Waals surface area contributed by atoms with Gasteiger partial charge in [-0.25, -0.2) is 4.98 Å². The molecular formula is C20H24N2O4S. The lowest BCUT2D eigenvalue weighted by Gasteiger charge is -2.23. The van der Waals surface area contributed by atoms with E-state index < -0.39 is 23.0 Å². The van der Waals surface area contributed by atoms with E-state index in [4.69, 9.17) is 9.47 Å². The molecule has 0 unspecified atom stereocenters. The molecule has 1 aromatic carbocycles. The number of rotatable bonds is 6. The van der Waals surface area contributed by atoms with Crippen LogP contribution in [0.2, 0.25) is 0 Å². The number of carbonyl (C=O) groups is 2. The average molecular weight is 388 g/mol. The molecule has 1 fully saturated rings. The zero-order chi connectivity index (χ0) is 19.7. The van der Waals surface area contributed by atoms with Crippen molar-refractivity contribution in [3.63, 3.8) is 0 Å². The number of aryl methyl sites for hydroxylation is 1. The maximum Gasteiger partial charge on any atom is 0.324 e. The van der Waals surface area contributed by atoms with Gasteiger partial charge in [-0.2, -0.15) is 0 Å². The van der Waals surface area contributed by atoms with Crippen molar-refractivity contribution < 1.29 is 19.1 Å². The first kappa shape index (κ1) is 19.4. The number of carbonyl (C=O) groups excluding carboxylic acids is 2. The highest BCUT2D eigenvalue weighted by molar-refractivity contribution is 7.13. The van der Waals surface area contributed by atoms with Gasteiger partial charge in [0.05, 0.1) is 12.3 Å². The second-order valence-electron chi connectivity index (χ2n) is 6.98. The van der Waals surface area contributed by atoms with Gasteiger partial charge < -0.3 is 14.8 Å². The van der Waals surface area contributed by atoms with Crippen LogP contribution in [0, 0.1) is 12.3 Å². The van der Waals surface area contributed by atoms with Crippen molar-refractivity contribution >= 4 is 34.1 Å². The van der Waals surface area contributed by atoms with Crippen LogP contribution in [0.4, 0.5) is 10.8 Å². The smallest absolute Gasteiger partial charge is 0.324 e. The summed E-state index contributed by atoms with van der Waals surface area (Å²) in [6.07, 6.45) is 0.556. The van der Waals surface area contributed by atoms with Crippen LogP contribution in [0.5, 0.6) is 0 Å². The van der Waals surface area contributed by atoms with Gasteiger partial charge in [-0.15, -0.1) is 11.3 Å². The van der Waals surface area contributed by atoms with E-state index in [9.17, 15) is 9.59 Å². The van der Waals surface area contributed by atoms with Crippen LogP contribution in [0.15, 0.2) is 29.6 Å². The molecule has 0 spiro atoms. The van der Waals surface area contributed by atoms with E-state index >= 15 is 0 Å². The summed E-state index contributed by atoms with van der Waals surface area (Å²) in [5, 5.41) is 5.82. The Balaban J connectivity index is 1.82. The van der Waals surface area contributed by atoms with E-state index in [0.717, 1.165) is 5.69 Å². The van der Waals surface area contributed by atoms with E-state index in [1.807, 2.05) is 36.6 Å². The highest BCUT2D eigenvalue weighted by Gasteiger charge is 2.60. The average Bonchev–Trinajstić information content (AvgIpc) is 3.21. The molecule has 0 amide bonds. The Morgan fingerprint density at radius 3 is 2.67 bits per heavy atom. The molecule has 2 atom stereocenters. The van der Waals surface area contributed by atoms with Crippen LogP contribution in [0.1, 0.15) is 44.9 Å². The van der Waals surface area contributed by atoms with Crippen molar-refractivity contribution in [2.75, 3.05) is 11.9 Å². The Bertz CT molecular complexity index is 848. The second kappa shape index (κ2) is 7.31. The number of esters is 2. The van der Waals surface area contributed by atoms with Gasteiger partial charge in [0.2, 0.25) is 0 Å². The molecule has 1 saturated heterocycles. The lowest BCUT2D eigenvalue weighted by Crippen LogP contribution is -2.37. The van der Waals surface area contributed by atoms with Crippen LogP contribution in [0.3, 0.4) is 0 Å². The highest BCUT2D eigenvalue weighted by Crippen LogP contribution is 2.49. The van der Waals surface area contributed by atoms with Crippen molar-refractivity contribution in [3.8, 4) is 0 Å². The Labute approximate surface area is 162 Å². The molecule has 3 rings (SSSR count). The van der Waals surface area contributed by atoms with E-state index in [0.29, 0.717) is 17.2 Å². The number of nitrogens with one attached hydrogen (secondary N) is 1. The van der Waals surface area contributed by atoms with Gasteiger partial charge in [0.25, 0.3) is 0 Å². The molecule has 1 aromatic heterocycles. The normalized spacial score (nSPS) is 24.5. The Morgan fingerprint density at radius 2 is 2.04 bits per heavy atom. The molecule has 2 heterocycles. The quantitative estimate of drug-likeness (QED) is 0.587. The standard InChI is InChI=1S/C20H24N2O4S/c1-5-20(16(23)25-6-2)12-19(4,26-17(20)24)15-11-27-18(22-15)21-14-9-7-13(3)8-10-14/h7-11H,5-6,12H2,1-4H3,(H,21,22)/t19-,20+/m1/s1. The van der Waals surface area contributed by atoms with Gasteiger partial charge in [-0.3, -0.25) is 9.59 Å². The molecule has 2 aromatic rings. The number of hydrogen-bond acceptors (Lipinski definition) is 7. The van der Waals surface area contributed by atoms with E-state index in [1.165, 1.54) is 16.9 Å². The molecule has 1 aliphatic rings. The van der Waals surface area contributed by atoms with Gasteiger partial charge in [0.15, 0.2) is 16.1 Å². The third-order valence-electron chi connectivity index (χ3n) is 4.97. The van der Waals surface area contributed by atoms with Crippen molar-refractivity contribution in [2.45, 2.75) is 46.1 Å².